The van der Waals surface area contributed by atoms with Gasteiger partial charge in [0.15, 0.2) is 0 Å². The van der Waals surface area contributed by atoms with Crippen LogP contribution < -0.4 is 9.04 Å². The van der Waals surface area contributed by atoms with Crippen molar-refractivity contribution in [2.45, 2.75) is 25.9 Å². The monoisotopic (exact) mass is 404 g/mol. The first kappa shape index (κ1) is 20.1. The van der Waals surface area contributed by atoms with Crippen LogP contribution in [0.5, 0.6) is 5.88 Å². The largest absolute Gasteiger partial charge is 0.474 e. The number of anilines is 1. The van der Waals surface area contributed by atoms with Gasteiger partial charge in [-0.3, -0.25) is 14.1 Å². The fourth-order valence-electron chi connectivity index (χ4n) is 3.00. The van der Waals surface area contributed by atoms with E-state index >= 15 is 0 Å². The highest BCUT2D eigenvalue weighted by Crippen LogP contribution is 2.22. The number of aromatic nitrogens is 2. The Labute approximate surface area is 165 Å². The van der Waals surface area contributed by atoms with Gasteiger partial charge in [-0.2, -0.15) is 0 Å². The highest BCUT2D eigenvalue weighted by molar-refractivity contribution is 7.92. The fraction of sp³-hybridized carbons (Fsp3) is 0.421. The van der Waals surface area contributed by atoms with Gasteiger partial charge in [0.05, 0.1) is 23.2 Å². The highest BCUT2D eigenvalue weighted by atomic mass is 32.2. The summed E-state index contributed by atoms with van der Waals surface area (Å²) in [6.45, 7) is 2.81. The summed E-state index contributed by atoms with van der Waals surface area (Å²) in [6.07, 6.45) is 6.09. The van der Waals surface area contributed by atoms with E-state index in [0.717, 1.165) is 0 Å². The van der Waals surface area contributed by atoms with E-state index in [1.54, 1.807) is 48.5 Å². The lowest BCUT2D eigenvalue weighted by Gasteiger charge is -2.32. The van der Waals surface area contributed by atoms with Crippen molar-refractivity contribution >= 4 is 21.6 Å². The Balaban J connectivity index is 1.54. The number of hydrogen-bond acceptors (Lipinski definition) is 6. The first-order chi connectivity index (χ1) is 13.4. The first-order valence-corrected chi connectivity index (χ1v) is 10.8. The summed E-state index contributed by atoms with van der Waals surface area (Å²) < 4.78 is 31.0. The third kappa shape index (κ3) is 4.59. The standard InChI is InChI=1S/C19H24N4O4S/c1-3-28(25,26)22(2)16-6-7-18(21-14-16)27-17-8-11-23(12-9-17)19(24)15-5-4-10-20-13-15/h4-7,10,13-14,17H,3,8-9,11-12H2,1-2H3. The van der Waals surface area contributed by atoms with Crippen LogP contribution in [0.1, 0.15) is 30.1 Å². The van der Waals surface area contributed by atoms with Gasteiger partial charge in [-0.15, -0.1) is 0 Å². The van der Waals surface area contributed by atoms with Crippen molar-refractivity contribution in [3.05, 3.63) is 48.4 Å². The number of pyridine rings is 2. The molecule has 3 heterocycles. The van der Waals surface area contributed by atoms with Gasteiger partial charge < -0.3 is 9.64 Å². The summed E-state index contributed by atoms with van der Waals surface area (Å²) in [4.78, 5) is 22.5. The molecule has 0 bridgehead atoms. The van der Waals surface area contributed by atoms with Crippen molar-refractivity contribution in [3.63, 3.8) is 0 Å². The molecule has 0 radical (unpaired) electrons. The summed E-state index contributed by atoms with van der Waals surface area (Å²) in [5.41, 5.74) is 1.08. The molecule has 150 valence electrons. The van der Waals surface area contributed by atoms with Crippen LogP contribution in [0.4, 0.5) is 5.69 Å². The van der Waals surface area contributed by atoms with Gasteiger partial charge in [-0.25, -0.2) is 13.4 Å². The van der Waals surface area contributed by atoms with Gasteiger partial charge in [-0.05, 0) is 25.1 Å². The van der Waals surface area contributed by atoms with Crippen LogP contribution in [0.2, 0.25) is 0 Å². The molecule has 28 heavy (non-hydrogen) atoms. The topological polar surface area (TPSA) is 92.7 Å². The Bertz CT molecular complexity index is 895. The van der Waals surface area contributed by atoms with E-state index in [4.69, 9.17) is 4.74 Å². The molecule has 8 nitrogen and oxygen atoms in total. The zero-order chi connectivity index (χ0) is 20.1. The third-order valence-corrected chi connectivity index (χ3v) is 6.57. The van der Waals surface area contributed by atoms with E-state index in [0.29, 0.717) is 43.1 Å². The van der Waals surface area contributed by atoms with Gasteiger partial charge in [0.2, 0.25) is 15.9 Å². The molecule has 0 spiro atoms. The second-order valence-electron chi connectivity index (χ2n) is 6.57. The predicted molar refractivity (Wildman–Crippen MR) is 106 cm³/mol. The van der Waals surface area contributed by atoms with Crippen LogP contribution in [0.15, 0.2) is 42.9 Å². The summed E-state index contributed by atoms with van der Waals surface area (Å²) in [5.74, 6) is 0.454. The summed E-state index contributed by atoms with van der Waals surface area (Å²) >= 11 is 0. The van der Waals surface area contributed by atoms with E-state index in [1.807, 2.05) is 0 Å². The molecule has 9 heteroatoms. The number of carbonyl (C=O) groups is 1. The van der Waals surface area contributed by atoms with Crippen LogP contribution >= 0.6 is 0 Å². The number of sulfonamides is 1. The lowest BCUT2D eigenvalue weighted by Crippen LogP contribution is -2.41. The van der Waals surface area contributed by atoms with E-state index < -0.39 is 10.0 Å². The molecule has 0 N–H and O–H groups in total. The Kier molecular flexibility index (Phi) is 6.13. The molecular weight excluding hydrogens is 380 g/mol. The maximum atomic E-state index is 12.5. The number of nitrogens with zero attached hydrogens (tertiary/aromatic N) is 4. The van der Waals surface area contributed by atoms with Crippen LogP contribution in [0.25, 0.3) is 0 Å². The van der Waals surface area contributed by atoms with E-state index in [2.05, 4.69) is 9.97 Å². The second kappa shape index (κ2) is 8.55. The van der Waals surface area contributed by atoms with E-state index in [-0.39, 0.29) is 17.8 Å². The summed E-state index contributed by atoms with van der Waals surface area (Å²) in [6, 6.07) is 6.86. The SMILES string of the molecule is CCS(=O)(=O)N(C)c1ccc(OC2CCN(C(=O)c3cccnc3)CC2)nc1. The predicted octanol–water partition coefficient (Wildman–Crippen LogP) is 1.95. The van der Waals surface area contributed by atoms with Gasteiger partial charge in [0.1, 0.15) is 6.10 Å². The molecule has 2 aromatic rings. The maximum Gasteiger partial charge on any atom is 0.255 e. The third-order valence-electron chi connectivity index (χ3n) is 4.79. The van der Waals surface area contributed by atoms with Gasteiger partial charge in [-0.1, -0.05) is 0 Å². The van der Waals surface area contributed by atoms with Crippen LogP contribution in [-0.2, 0) is 10.0 Å². The van der Waals surface area contributed by atoms with Crippen molar-refractivity contribution in [1.29, 1.82) is 0 Å². The molecule has 0 unspecified atom stereocenters. The van der Waals surface area contributed by atoms with Crippen molar-refractivity contribution < 1.29 is 17.9 Å². The summed E-state index contributed by atoms with van der Waals surface area (Å²) in [5, 5.41) is 0. The van der Waals surface area contributed by atoms with Gasteiger partial charge in [0.25, 0.3) is 5.91 Å². The first-order valence-electron chi connectivity index (χ1n) is 9.19. The minimum atomic E-state index is -3.32. The van der Waals surface area contributed by atoms with Gasteiger partial charge in [0, 0.05) is 51.4 Å². The molecule has 1 aliphatic heterocycles. The Morgan fingerprint density at radius 2 is 2.00 bits per heavy atom. The van der Waals surface area contributed by atoms with Crippen LogP contribution in [-0.4, -0.2) is 61.2 Å². The molecule has 1 fully saturated rings. The van der Waals surface area contributed by atoms with E-state index in [1.165, 1.54) is 17.5 Å². The quantitative estimate of drug-likeness (QED) is 0.731. The lowest BCUT2D eigenvalue weighted by atomic mass is 10.1. The second-order valence-corrected chi connectivity index (χ2v) is 8.86. The van der Waals surface area contributed by atoms with Crippen molar-refractivity contribution in [2.24, 2.45) is 0 Å². The number of rotatable bonds is 6. The van der Waals surface area contributed by atoms with Gasteiger partial charge >= 0.3 is 0 Å². The summed E-state index contributed by atoms with van der Waals surface area (Å²) in [7, 11) is -1.81. The molecule has 0 atom stereocenters. The van der Waals surface area contributed by atoms with E-state index in [9.17, 15) is 13.2 Å². The zero-order valence-electron chi connectivity index (χ0n) is 16.0. The maximum absolute atomic E-state index is 12.5. The van der Waals surface area contributed by atoms with Crippen molar-refractivity contribution in [3.8, 4) is 5.88 Å². The number of piperidine rings is 1. The lowest BCUT2D eigenvalue weighted by molar-refractivity contribution is 0.0587. The number of carbonyl (C=O) groups excluding carboxylic acids is 1. The molecule has 0 aliphatic carbocycles. The Hall–Kier alpha value is -2.68. The normalized spacial score (nSPS) is 15.3. The Morgan fingerprint density at radius 1 is 1.25 bits per heavy atom. The van der Waals surface area contributed by atoms with Crippen LogP contribution in [0, 0.1) is 0 Å². The number of amides is 1. The number of likely N-dealkylation sites (tertiary alicyclic amines) is 1. The Morgan fingerprint density at radius 3 is 2.57 bits per heavy atom. The molecule has 1 saturated heterocycles. The molecule has 3 rings (SSSR count). The molecule has 2 aromatic heterocycles. The minimum absolute atomic E-state index is 0.0193. The molecule has 0 aromatic carbocycles. The zero-order valence-corrected chi connectivity index (χ0v) is 16.8. The minimum Gasteiger partial charge on any atom is -0.474 e. The molecule has 1 aliphatic rings. The van der Waals surface area contributed by atoms with Crippen molar-refractivity contribution in [2.75, 3.05) is 30.2 Å². The van der Waals surface area contributed by atoms with Crippen LogP contribution in [0.3, 0.4) is 0 Å². The number of ether oxygens (including phenoxy) is 1. The smallest absolute Gasteiger partial charge is 0.255 e. The number of hydrogen-bond donors (Lipinski definition) is 0. The molecular formula is C19H24N4O4S. The molecule has 1 amide bonds. The average molecular weight is 404 g/mol. The fourth-order valence-corrected chi connectivity index (χ4v) is 3.82. The molecule has 0 saturated carbocycles. The average Bonchev–Trinajstić information content (AvgIpc) is 2.74. The van der Waals surface area contributed by atoms with Crippen molar-refractivity contribution in [1.82, 2.24) is 14.9 Å². The highest BCUT2D eigenvalue weighted by Gasteiger charge is 2.25.